The number of carboxylic acid groups (broad SMARTS) is 1. The molecule has 27 heteroatoms. The summed E-state index contributed by atoms with van der Waals surface area (Å²) in [5.74, 6) is -5.16. The van der Waals surface area contributed by atoms with Crippen LogP contribution in [0.4, 0.5) is 30.4 Å². The topological polar surface area (TPSA) is 322 Å². The number of nitrogen functional groups attached to an aromatic ring is 1. The number of benzene rings is 2. The van der Waals surface area contributed by atoms with E-state index < -0.39 is 104 Å². The molecule has 1 fully saturated rings. The largest absolute Gasteiger partial charge is 0.480 e. The lowest BCUT2D eigenvalue weighted by atomic mass is 9.81. The summed E-state index contributed by atoms with van der Waals surface area (Å²) in [6.07, 6.45) is -3.01. The van der Waals surface area contributed by atoms with Gasteiger partial charge in [0.15, 0.2) is 27.2 Å². The number of carbonyl (C=O) groups is 4. The summed E-state index contributed by atoms with van der Waals surface area (Å²) in [5.41, 5.74) is 2.61. The first-order valence-electron chi connectivity index (χ1n) is 14.3. The predicted molar refractivity (Wildman–Crippen MR) is 180 cm³/mol. The lowest BCUT2D eigenvalue weighted by Crippen LogP contribution is -2.35. The highest BCUT2D eigenvalue weighted by atomic mass is 35.5. The minimum atomic E-state index is -4.63. The van der Waals surface area contributed by atoms with Crippen LogP contribution >= 0.6 is 30.8 Å². The Bertz CT molecular complexity index is 2120. The SMILES string of the molecule is CS(=O)(=O)c1ccc(C(=O)C2C(=O)CCCC2=O)c([N+](=O)[O-])c1.Nc1c([N+](=O)[O-])cnn1-c1c(Cl)cc(C(F)(F)F)cc1Cl.O=C(O)CNCP(=O)(O)O. The highest BCUT2D eigenvalue weighted by molar-refractivity contribution is 7.90. The van der Waals surface area contributed by atoms with E-state index in [1.165, 1.54) is 0 Å². The van der Waals surface area contributed by atoms with Crippen molar-refractivity contribution in [3.8, 4) is 5.69 Å². The average Bonchev–Trinajstić information content (AvgIpc) is 3.40. The van der Waals surface area contributed by atoms with Gasteiger partial charge in [-0.25, -0.2) is 13.1 Å². The molecule has 2 aromatic carbocycles. The van der Waals surface area contributed by atoms with Gasteiger partial charge in [-0.1, -0.05) is 23.2 Å². The molecule has 1 aliphatic rings. The fourth-order valence-electron chi connectivity index (χ4n) is 4.36. The molecule has 1 heterocycles. The zero-order valence-corrected chi connectivity index (χ0v) is 30.2. The number of hydrogen-bond donors (Lipinski definition) is 5. The van der Waals surface area contributed by atoms with E-state index in [4.69, 9.17) is 43.8 Å². The molecule has 0 unspecified atom stereocenters. The lowest BCUT2D eigenvalue weighted by Gasteiger charge is -2.18. The maximum atomic E-state index is 12.6. The van der Waals surface area contributed by atoms with Crippen LogP contribution in [0.2, 0.25) is 10.0 Å². The van der Waals surface area contributed by atoms with E-state index in [1.54, 1.807) is 0 Å². The summed E-state index contributed by atoms with van der Waals surface area (Å²) in [6, 6.07) is 4.06. The average molecular weight is 849 g/mol. The number of sulfone groups is 1. The van der Waals surface area contributed by atoms with Crippen molar-refractivity contribution < 1.29 is 70.1 Å². The number of alkyl halides is 3. The Morgan fingerprint density at radius 3 is 1.98 bits per heavy atom. The molecule has 0 atom stereocenters. The number of hydrogen-bond acceptors (Lipinski definition) is 14. The molecule has 54 heavy (non-hydrogen) atoms. The standard InChI is InChI=1S/C14H13NO7S.C10H5Cl2F3N4O2.C3H8NO5P/c1-23(21,22)8-5-6-9(10(7-8)15(19)20)14(18)13-11(16)3-2-4-12(13)17;11-5-1-4(10(13,14)15)2-6(12)8(5)18-9(16)7(3-17-18)19(20)21;5-3(6)1-4-2-10(7,8)9/h5-7,13H,2-4H2,1H3;1-3H,16H2;4H,1-2H2,(H,5,6)(H2,7,8,9). The van der Waals surface area contributed by atoms with Crippen molar-refractivity contribution in [3.05, 3.63) is 77.9 Å². The van der Waals surface area contributed by atoms with E-state index in [1.807, 2.05) is 0 Å². The van der Waals surface area contributed by atoms with Gasteiger partial charge in [-0.15, -0.1) is 0 Å². The molecule has 0 bridgehead atoms. The molecule has 20 nitrogen and oxygen atoms in total. The Morgan fingerprint density at radius 2 is 1.57 bits per heavy atom. The van der Waals surface area contributed by atoms with Gasteiger partial charge < -0.3 is 20.6 Å². The number of rotatable bonds is 10. The molecule has 0 spiro atoms. The van der Waals surface area contributed by atoms with Crippen LogP contribution in [0, 0.1) is 26.1 Å². The number of nitrogens with one attached hydrogen (secondary N) is 1. The monoisotopic (exact) mass is 848 g/mol. The molecule has 0 radical (unpaired) electrons. The van der Waals surface area contributed by atoms with Crippen molar-refractivity contribution in [1.82, 2.24) is 15.1 Å². The number of nitrogens with zero attached hydrogens (tertiary/aromatic N) is 4. The first-order chi connectivity index (χ1) is 24.7. The van der Waals surface area contributed by atoms with Crippen LogP contribution in [0.1, 0.15) is 35.2 Å². The molecule has 0 aliphatic heterocycles. The Kier molecular flexibility index (Phi) is 15.1. The number of anilines is 1. The number of nitro benzene ring substituents is 1. The van der Waals surface area contributed by atoms with E-state index in [-0.39, 0.29) is 33.5 Å². The van der Waals surface area contributed by atoms with Gasteiger partial charge in [-0.2, -0.15) is 18.3 Å². The second kappa shape index (κ2) is 18.0. The summed E-state index contributed by atoms with van der Waals surface area (Å²) in [7, 11) is -7.79. The summed E-state index contributed by atoms with van der Waals surface area (Å²) >= 11 is 11.5. The van der Waals surface area contributed by atoms with Crippen LogP contribution in [0.25, 0.3) is 5.69 Å². The molecular weight excluding hydrogens is 823 g/mol. The second-order valence-electron chi connectivity index (χ2n) is 10.8. The highest BCUT2D eigenvalue weighted by Crippen LogP contribution is 2.39. The van der Waals surface area contributed by atoms with Gasteiger partial charge in [-0.05, 0) is 30.7 Å². The molecule has 1 aromatic heterocycles. The predicted octanol–water partition coefficient (Wildman–Crippen LogP) is 3.60. The smallest absolute Gasteiger partial charge is 0.416 e. The van der Waals surface area contributed by atoms with Gasteiger partial charge in [0, 0.05) is 25.2 Å². The number of aliphatic carboxylic acids is 1. The van der Waals surface area contributed by atoms with Crippen molar-refractivity contribution in [2.45, 2.75) is 30.3 Å². The number of nitro groups is 2. The van der Waals surface area contributed by atoms with E-state index in [9.17, 15) is 65.6 Å². The van der Waals surface area contributed by atoms with Crippen LogP contribution < -0.4 is 11.1 Å². The minimum absolute atomic E-state index is 0.0668. The number of ketones is 3. The third kappa shape index (κ3) is 12.4. The Morgan fingerprint density at radius 1 is 1.06 bits per heavy atom. The van der Waals surface area contributed by atoms with Gasteiger partial charge in [0.2, 0.25) is 5.82 Å². The number of Topliss-reactive ketones (excluding diaryl/α,β-unsaturated/α-hetero) is 3. The number of carboxylic acids is 1. The van der Waals surface area contributed by atoms with Gasteiger partial charge >= 0.3 is 25.4 Å². The number of halogens is 5. The van der Waals surface area contributed by atoms with Crippen LogP contribution in [-0.4, -0.2) is 85.3 Å². The number of nitrogens with two attached hydrogens (primary N) is 1. The van der Waals surface area contributed by atoms with Crippen LogP contribution in [0.3, 0.4) is 0 Å². The zero-order valence-electron chi connectivity index (χ0n) is 27.0. The van der Waals surface area contributed by atoms with Gasteiger partial charge in [-0.3, -0.25) is 49.3 Å². The van der Waals surface area contributed by atoms with Crippen LogP contribution in [-0.2, 0) is 35.0 Å². The molecule has 0 saturated heterocycles. The van der Waals surface area contributed by atoms with Crippen molar-refractivity contribution in [1.29, 1.82) is 0 Å². The molecule has 294 valence electrons. The lowest BCUT2D eigenvalue weighted by molar-refractivity contribution is -0.385. The van der Waals surface area contributed by atoms with Gasteiger partial charge in [0.1, 0.15) is 17.8 Å². The fourth-order valence-corrected chi connectivity index (χ4v) is 6.05. The second-order valence-corrected chi connectivity index (χ2v) is 15.3. The number of carbonyl (C=O) groups excluding carboxylic acids is 3. The first-order valence-corrected chi connectivity index (χ1v) is 18.7. The maximum absolute atomic E-state index is 12.6. The zero-order chi connectivity index (χ0) is 41.5. The summed E-state index contributed by atoms with van der Waals surface area (Å²) in [6.45, 7) is -0.439. The third-order valence-corrected chi connectivity index (χ3v) is 9.07. The normalized spacial score (nSPS) is 13.6. The molecule has 0 amide bonds. The summed E-state index contributed by atoms with van der Waals surface area (Å²) in [5, 5.41) is 34.7. The van der Waals surface area contributed by atoms with E-state index in [0.717, 1.165) is 35.3 Å². The van der Waals surface area contributed by atoms with Crippen LogP contribution in [0.15, 0.2) is 41.4 Å². The Hall–Kier alpha value is -4.84. The maximum Gasteiger partial charge on any atom is 0.416 e. The molecule has 1 saturated carbocycles. The van der Waals surface area contributed by atoms with E-state index in [2.05, 4.69) is 10.4 Å². The molecule has 3 aromatic rings. The van der Waals surface area contributed by atoms with Gasteiger partial charge in [0.25, 0.3) is 5.69 Å². The fraction of sp³-hybridized carbons (Fsp3) is 0.296. The van der Waals surface area contributed by atoms with Crippen molar-refractivity contribution in [2.75, 3.05) is 24.8 Å². The third-order valence-electron chi connectivity index (χ3n) is 6.74. The van der Waals surface area contributed by atoms with E-state index in [0.29, 0.717) is 18.6 Å². The molecular formula is C27H26Cl2F3N6O14PS. The minimum Gasteiger partial charge on any atom is -0.480 e. The highest BCUT2D eigenvalue weighted by Gasteiger charge is 2.39. The quantitative estimate of drug-likeness (QED) is 0.0639. The number of aromatic nitrogens is 2. The first kappa shape index (κ1) is 45.3. The Balaban J connectivity index is 0.000000302. The van der Waals surface area contributed by atoms with Crippen molar-refractivity contribution in [2.24, 2.45) is 5.92 Å². The molecule has 1 aliphatic carbocycles. The van der Waals surface area contributed by atoms with Crippen molar-refractivity contribution >= 4 is 81.1 Å². The van der Waals surface area contributed by atoms with E-state index >= 15 is 0 Å². The Labute approximate surface area is 310 Å². The van der Waals surface area contributed by atoms with Gasteiger partial charge in [0.05, 0.1) is 48.7 Å². The van der Waals surface area contributed by atoms with Crippen molar-refractivity contribution in [3.63, 3.8) is 0 Å². The molecule has 4 rings (SSSR count). The van der Waals surface area contributed by atoms with Crippen LogP contribution in [0.5, 0.6) is 0 Å². The summed E-state index contributed by atoms with van der Waals surface area (Å²) < 4.78 is 71.7. The molecule has 6 N–H and O–H groups in total. The summed E-state index contributed by atoms with van der Waals surface area (Å²) in [4.78, 5) is 82.0.